The first-order chi connectivity index (χ1) is 9.47. The molecule has 0 fully saturated rings. The van der Waals surface area contributed by atoms with Crippen molar-refractivity contribution in [3.8, 4) is 0 Å². The lowest BCUT2D eigenvalue weighted by atomic mass is 10.1. The summed E-state index contributed by atoms with van der Waals surface area (Å²) in [4.78, 5) is 46.3. The highest BCUT2D eigenvalue weighted by molar-refractivity contribution is 5.93. The molecule has 1 amide bonds. The number of aromatic nitrogens is 4. The number of carboxylic acid groups (broad SMARTS) is 1. The van der Waals surface area contributed by atoms with Crippen molar-refractivity contribution in [1.29, 1.82) is 0 Å². The summed E-state index contributed by atoms with van der Waals surface area (Å²) in [7, 11) is 0. The predicted octanol–water partition coefficient (Wildman–Crippen LogP) is -1.22. The van der Waals surface area contributed by atoms with E-state index in [4.69, 9.17) is 10.8 Å². The Bertz CT molecular complexity index is 705. The monoisotopic (exact) mass is 280 g/mol. The fourth-order valence-corrected chi connectivity index (χ4v) is 1.52. The fraction of sp³-hybridized carbons (Fsp3) is 0.300. The highest BCUT2D eigenvalue weighted by atomic mass is 16.4. The second kappa shape index (κ2) is 5.48. The lowest BCUT2D eigenvalue weighted by molar-refractivity contribution is -0.137. The molecule has 0 aliphatic carbocycles. The molecule has 0 spiro atoms. The van der Waals surface area contributed by atoms with Crippen molar-refractivity contribution in [3.63, 3.8) is 0 Å². The number of H-pyrrole nitrogens is 2. The summed E-state index contributed by atoms with van der Waals surface area (Å²) in [6.45, 7) is 0. The summed E-state index contributed by atoms with van der Waals surface area (Å²) in [6.07, 6.45) is 1.06. The molecule has 1 unspecified atom stereocenters. The largest absolute Gasteiger partial charge is 0.481 e. The van der Waals surface area contributed by atoms with Gasteiger partial charge in [-0.3, -0.25) is 24.7 Å². The number of carbonyl (C=O) groups is 2. The molecule has 2 aromatic rings. The minimum absolute atomic E-state index is 0.0178. The molecule has 2 rings (SSSR count). The average molecular weight is 280 g/mol. The number of aromatic amines is 2. The summed E-state index contributed by atoms with van der Waals surface area (Å²) < 4.78 is 0. The van der Waals surface area contributed by atoms with Gasteiger partial charge >= 0.3 is 5.97 Å². The number of amides is 1. The number of carboxylic acids is 1. The third-order valence-electron chi connectivity index (χ3n) is 2.54. The van der Waals surface area contributed by atoms with E-state index in [1.54, 1.807) is 0 Å². The number of aliphatic carboxylic acids is 1. The first kappa shape index (κ1) is 13.7. The van der Waals surface area contributed by atoms with Gasteiger partial charge in [-0.05, 0) is 6.42 Å². The van der Waals surface area contributed by atoms with Crippen LogP contribution in [-0.4, -0.2) is 43.0 Å². The molecule has 0 aliphatic heterocycles. The molecule has 0 aromatic carbocycles. The van der Waals surface area contributed by atoms with Crippen molar-refractivity contribution in [2.24, 2.45) is 5.73 Å². The second-order valence-electron chi connectivity index (χ2n) is 4.04. The van der Waals surface area contributed by atoms with E-state index >= 15 is 0 Å². The molecular formula is C10H12N6O4. The SMILES string of the molecule is NC(CCC(=O)O)C(=O)Nc1nc2nc[nH]c2c(=O)[nH]1. The Hall–Kier alpha value is -2.75. The van der Waals surface area contributed by atoms with Crippen LogP contribution in [0.25, 0.3) is 11.2 Å². The van der Waals surface area contributed by atoms with Gasteiger partial charge in [-0.2, -0.15) is 4.98 Å². The van der Waals surface area contributed by atoms with Crippen LogP contribution >= 0.6 is 0 Å². The van der Waals surface area contributed by atoms with Gasteiger partial charge in [0.05, 0.1) is 12.4 Å². The predicted molar refractivity (Wildman–Crippen MR) is 68.0 cm³/mol. The number of nitrogens with zero attached hydrogens (tertiary/aromatic N) is 2. The quantitative estimate of drug-likeness (QED) is 0.457. The third kappa shape index (κ3) is 2.98. The van der Waals surface area contributed by atoms with Gasteiger partial charge in [0.15, 0.2) is 11.2 Å². The van der Waals surface area contributed by atoms with E-state index in [0.717, 1.165) is 0 Å². The van der Waals surface area contributed by atoms with Gasteiger partial charge in [0, 0.05) is 6.42 Å². The maximum atomic E-state index is 11.7. The van der Waals surface area contributed by atoms with Crippen molar-refractivity contribution in [1.82, 2.24) is 19.9 Å². The maximum Gasteiger partial charge on any atom is 0.303 e. The van der Waals surface area contributed by atoms with E-state index in [-0.39, 0.29) is 30.0 Å². The fourth-order valence-electron chi connectivity index (χ4n) is 1.52. The van der Waals surface area contributed by atoms with E-state index in [1.807, 2.05) is 0 Å². The molecule has 6 N–H and O–H groups in total. The van der Waals surface area contributed by atoms with Crippen molar-refractivity contribution in [3.05, 3.63) is 16.7 Å². The normalized spacial score (nSPS) is 12.2. The van der Waals surface area contributed by atoms with Gasteiger partial charge in [-0.15, -0.1) is 0 Å². The van der Waals surface area contributed by atoms with E-state index in [2.05, 4.69) is 25.3 Å². The Labute approximate surface area is 111 Å². The molecule has 106 valence electrons. The van der Waals surface area contributed by atoms with Gasteiger partial charge in [0.1, 0.15) is 0 Å². The average Bonchev–Trinajstić information content (AvgIpc) is 2.84. The molecule has 0 saturated carbocycles. The molecule has 2 aromatic heterocycles. The molecule has 10 heteroatoms. The van der Waals surface area contributed by atoms with E-state index in [9.17, 15) is 14.4 Å². The molecule has 0 radical (unpaired) electrons. The van der Waals surface area contributed by atoms with E-state index in [0.29, 0.717) is 0 Å². The number of nitrogens with two attached hydrogens (primary N) is 1. The van der Waals surface area contributed by atoms with E-state index < -0.39 is 23.5 Å². The maximum absolute atomic E-state index is 11.7. The van der Waals surface area contributed by atoms with Gasteiger partial charge in [0.25, 0.3) is 5.56 Å². The summed E-state index contributed by atoms with van der Waals surface area (Å²) in [5.41, 5.74) is 5.39. The van der Waals surface area contributed by atoms with Crippen LogP contribution in [0.4, 0.5) is 5.95 Å². The zero-order chi connectivity index (χ0) is 14.7. The molecule has 2 heterocycles. The van der Waals surface area contributed by atoms with Gasteiger partial charge in [0.2, 0.25) is 11.9 Å². The molecule has 20 heavy (non-hydrogen) atoms. The number of hydrogen-bond acceptors (Lipinski definition) is 6. The van der Waals surface area contributed by atoms with Crippen LogP contribution in [-0.2, 0) is 9.59 Å². The van der Waals surface area contributed by atoms with Crippen LogP contribution in [0.2, 0.25) is 0 Å². The zero-order valence-corrected chi connectivity index (χ0v) is 10.2. The Kier molecular flexibility index (Phi) is 3.75. The zero-order valence-electron chi connectivity index (χ0n) is 10.2. The van der Waals surface area contributed by atoms with Crippen LogP contribution < -0.4 is 16.6 Å². The Morgan fingerprint density at radius 1 is 1.50 bits per heavy atom. The van der Waals surface area contributed by atoms with Crippen LogP contribution in [0.15, 0.2) is 11.1 Å². The van der Waals surface area contributed by atoms with Gasteiger partial charge < -0.3 is 15.8 Å². The first-order valence-electron chi connectivity index (χ1n) is 5.69. The number of anilines is 1. The van der Waals surface area contributed by atoms with Crippen molar-refractivity contribution >= 4 is 29.0 Å². The van der Waals surface area contributed by atoms with Crippen LogP contribution in [0.5, 0.6) is 0 Å². The highest BCUT2D eigenvalue weighted by Gasteiger charge is 2.16. The van der Waals surface area contributed by atoms with Crippen molar-refractivity contribution in [2.75, 3.05) is 5.32 Å². The summed E-state index contributed by atoms with van der Waals surface area (Å²) in [6, 6.07) is -1.01. The van der Waals surface area contributed by atoms with Crippen molar-refractivity contribution < 1.29 is 14.7 Å². The van der Waals surface area contributed by atoms with Gasteiger partial charge in [-0.25, -0.2) is 4.98 Å². The minimum atomic E-state index is -1.04. The molecule has 0 aliphatic rings. The summed E-state index contributed by atoms with van der Waals surface area (Å²) >= 11 is 0. The highest BCUT2D eigenvalue weighted by Crippen LogP contribution is 2.04. The first-order valence-corrected chi connectivity index (χ1v) is 5.69. The minimum Gasteiger partial charge on any atom is -0.481 e. The molecular weight excluding hydrogens is 268 g/mol. The van der Waals surface area contributed by atoms with Crippen LogP contribution in [0, 0.1) is 0 Å². The van der Waals surface area contributed by atoms with Crippen LogP contribution in [0.3, 0.4) is 0 Å². The second-order valence-corrected chi connectivity index (χ2v) is 4.04. The topological polar surface area (TPSA) is 167 Å². The van der Waals surface area contributed by atoms with Crippen molar-refractivity contribution in [2.45, 2.75) is 18.9 Å². The summed E-state index contributed by atoms with van der Waals surface area (Å²) in [5.74, 6) is -1.77. The number of nitrogens with one attached hydrogen (secondary N) is 3. The smallest absolute Gasteiger partial charge is 0.303 e. The molecule has 10 nitrogen and oxygen atoms in total. The number of rotatable bonds is 5. The number of imidazole rings is 1. The summed E-state index contributed by atoms with van der Waals surface area (Å²) in [5, 5.41) is 10.8. The standard InChI is InChI=1S/C10H12N6O4/c11-4(1-2-5(17)18)8(19)15-10-14-7-6(9(20)16-10)12-3-13-7/h3-4H,1-2,11H2,(H,17,18)(H3,12,13,14,15,16,19,20). The third-order valence-corrected chi connectivity index (χ3v) is 2.54. The Morgan fingerprint density at radius 3 is 2.95 bits per heavy atom. The number of hydrogen-bond donors (Lipinski definition) is 5. The lowest BCUT2D eigenvalue weighted by Gasteiger charge is -2.10. The van der Waals surface area contributed by atoms with Crippen LogP contribution in [0.1, 0.15) is 12.8 Å². The molecule has 0 bridgehead atoms. The Balaban J connectivity index is 2.09. The Morgan fingerprint density at radius 2 is 2.25 bits per heavy atom. The van der Waals surface area contributed by atoms with Gasteiger partial charge in [-0.1, -0.05) is 0 Å². The number of carbonyl (C=O) groups excluding carboxylic acids is 1. The molecule has 0 saturated heterocycles. The number of fused-ring (bicyclic) bond motifs is 1. The molecule has 1 atom stereocenters. The van der Waals surface area contributed by atoms with E-state index in [1.165, 1.54) is 6.33 Å². The lowest BCUT2D eigenvalue weighted by Crippen LogP contribution is -2.36.